The Morgan fingerprint density at radius 1 is 1.23 bits per heavy atom. The van der Waals surface area contributed by atoms with Crippen molar-refractivity contribution in [1.82, 2.24) is 0 Å². The highest BCUT2D eigenvalue weighted by atomic mass is 35.5. The van der Waals surface area contributed by atoms with Gasteiger partial charge in [-0.2, -0.15) is 0 Å². The van der Waals surface area contributed by atoms with Crippen LogP contribution in [0, 0.1) is 6.92 Å². The second-order valence-corrected chi connectivity index (χ2v) is 8.98. The minimum absolute atomic E-state index is 0.702. The number of rotatable bonds is 2. The molecule has 3 heteroatoms. The molecule has 0 fully saturated rings. The van der Waals surface area contributed by atoms with Gasteiger partial charge in [0.05, 0.1) is 5.02 Å². The summed E-state index contributed by atoms with van der Waals surface area (Å²) in [6, 6.07) is 5.85. The number of hydrogen-bond acceptors (Lipinski definition) is 1. The van der Waals surface area contributed by atoms with Gasteiger partial charge in [-0.15, -0.1) is 0 Å². The molecule has 0 aliphatic carbocycles. The maximum Gasteiger partial charge on any atom is 0.242 e. The van der Waals surface area contributed by atoms with E-state index in [0.717, 1.165) is 5.75 Å². The molecule has 1 nitrogen and oxygen atoms in total. The van der Waals surface area contributed by atoms with Crippen LogP contribution in [-0.4, -0.2) is 8.32 Å². The Kier molecular flexibility index (Phi) is 3.04. The summed E-state index contributed by atoms with van der Waals surface area (Å²) < 4.78 is 5.82. The summed E-state index contributed by atoms with van der Waals surface area (Å²) in [6.45, 7) is 8.47. The molecule has 1 rings (SSSR count). The maximum atomic E-state index is 6.00. The summed E-state index contributed by atoms with van der Waals surface area (Å²) in [5.41, 5.74) is 1.18. The van der Waals surface area contributed by atoms with E-state index in [2.05, 4.69) is 19.6 Å². The lowest BCUT2D eigenvalue weighted by Gasteiger charge is -2.20. The molecule has 0 aliphatic rings. The second kappa shape index (κ2) is 3.72. The number of hydrogen-bond donors (Lipinski definition) is 0. The van der Waals surface area contributed by atoms with Gasteiger partial charge in [-0.1, -0.05) is 17.7 Å². The molecular weight excluding hydrogens is 200 g/mol. The van der Waals surface area contributed by atoms with Crippen molar-refractivity contribution >= 4 is 19.9 Å². The Morgan fingerprint density at radius 2 is 1.85 bits per heavy atom. The van der Waals surface area contributed by atoms with Crippen LogP contribution < -0.4 is 4.43 Å². The van der Waals surface area contributed by atoms with Crippen molar-refractivity contribution in [3.8, 4) is 5.75 Å². The number of benzene rings is 1. The molecule has 0 amide bonds. The van der Waals surface area contributed by atoms with Crippen molar-refractivity contribution < 1.29 is 4.43 Å². The summed E-state index contributed by atoms with van der Waals surface area (Å²) in [5.74, 6) is 0.820. The minimum Gasteiger partial charge on any atom is -0.543 e. The molecule has 0 atom stereocenters. The van der Waals surface area contributed by atoms with Crippen LogP contribution >= 0.6 is 11.6 Å². The molecule has 0 saturated heterocycles. The van der Waals surface area contributed by atoms with Crippen LogP contribution in [0.3, 0.4) is 0 Å². The summed E-state index contributed by atoms with van der Waals surface area (Å²) >= 11 is 6.00. The van der Waals surface area contributed by atoms with Crippen molar-refractivity contribution in [3.05, 3.63) is 28.8 Å². The number of aryl methyl sites for hydroxylation is 1. The van der Waals surface area contributed by atoms with E-state index >= 15 is 0 Å². The summed E-state index contributed by atoms with van der Waals surface area (Å²) in [6.07, 6.45) is 0. The summed E-state index contributed by atoms with van der Waals surface area (Å²) in [4.78, 5) is 0. The van der Waals surface area contributed by atoms with Crippen LogP contribution in [0.1, 0.15) is 5.56 Å². The second-order valence-electron chi connectivity index (χ2n) is 4.15. The highest BCUT2D eigenvalue weighted by molar-refractivity contribution is 6.70. The third-order valence-corrected chi connectivity index (χ3v) is 2.65. The zero-order valence-corrected chi connectivity index (χ0v) is 10.3. The molecule has 0 N–H and O–H groups in total. The van der Waals surface area contributed by atoms with E-state index < -0.39 is 8.32 Å². The van der Waals surface area contributed by atoms with Gasteiger partial charge in [-0.25, -0.2) is 0 Å². The first-order chi connectivity index (χ1) is 5.88. The molecule has 0 aromatic heterocycles. The molecule has 13 heavy (non-hydrogen) atoms. The SMILES string of the molecule is Cc1ccc(Cl)c(O[Si](C)(C)C)c1. The topological polar surface area (TPSA) is 9.23 Å². The molecule has 1 aromatic rings. The molecule has 1 aromatic carbocycles. The van der Waals surface area contributed by atoms with E-state index in [0.29, 0.717) is 5.02 Å². The fourth-order valence-corrected chi connectivity index (χ4v) is 2.07. The average molecular weight is 215 g/mol. The van der Waals surface area contributed by atoms with E-state index in [1.54, 1.807) is 0 Å². The Morgan fingerprint density at radius 3 is 2.38 bits per heavy atom. The monoisotopic (exact) mass is 214 g/mol. The van der Waals surface area contributed by atoms with E-state index in [4.69, 9.17) is 16.0 Å². The van der Waals surface area contributed by atoms with Crippen LogP contribution in [0.5, 0.6) is 5.75 Å². The van der Waals surface area contributed by atoms with Gasteiger partial charge in [-0.3, -0.25) is 0 Å². The Labute approximate surface area is 85.8 Å². The lowest BCUT2D eigenvalue weighted by Crippen LogP contribution is -2.29. The van der Waals surface area contributed by atoms with Gasteiger partial charge in [0.25, 0.3) is 0 Å². The van der Waals surface area contributed by atoms with Gasteiger partial charge < -0.3 is 4.43 Å². The zero-order valence-electron chi connectivity index (χ0n) is 8.52. The fraction of sp³-hybridized carbons (Fsp3) is 0.400. The van der Waals surface area contributed by atoms with E-state index in [1.165, 1.54) is 5.56 Å². The fourth-order valence-electron chi connectivity index (χ4n) is 1.02. The van der Waals surface area contributed by atoms with Crippen molar-refractivity contribution in [2.24, 2.45) is 0 Å². The molecule has 0 heterocycles. The highest BCUT2D eigenvalue weighted by Crippen LogP contribution is 2.27. The third kappa shape index (κ3) is 3.41. The standard InChI is InChI=1S/C10H15ClOSi/c1-8-5-6-9(11)10(7-8)12-13(2,3)4/h5-7H,1-4H3. The predicted molar refractivity (Wildman–Crippen MR) is 60.2 cm³/mol. The van der Waals surface area contributed by atoms with E-state index in [9.17, 15) is 0 Å². The van der Waals surface area contributed by atoms with Gasteiger partial charge in [0.15, 0.2) is 0 Å². The van der Waals surface area contributed by atoms with Crippen LogP contribution in [0.25, 0.3) is 0 Å². The van der Waals surface area contributed by atoms with Crippen LogP contribution in [0.15, 0.2) is 18.2 Å². The van der Waals surface area contributed by atoms with Gasteiger partial charge >= 0.3 is 0 Å². The van der Waals surface area contributed by atoms with Crippen molar-refractivity contribution in [3.63, 3.8) is 0 Å². The largest absolute Gasteiger partial charge is 0.543 e. The van der Waals surface area contributed by atoms with Gasteiger partial charge in [0, 0.05) is 0 Å². The first-order valence-electron chi connectivity index (χ1n) is 4.34. The molecule has 0 unspecified atom stereocenters. The maximum absolute atomic E-state index is 6.00. The Hall–Kier alpha value is -0.473. The van der Waals surface area contributed by atoms with Crippen molar-refractivity contribution in [2.75, 3.05) is 0 Å². The number of halogens is 1. The molecule has 0 saturated carbocycles. The van der Waals surface area contributed by atoms with Crippen LogP contribution in [-0.2, 0) is 0 Å². The smallest absolute Gasteiger partial charge is 0.242 e. The van der Waals surface area contributed by atoms with Crippen LogP contribution in [0.4, 0.5) is 0 Å². The first kappa shape index (κ1) is 10.6. The molecule has 0 bridgehead atoms. The third-order valence-electron chi connectivity index (χ3n) is 1.50. The predicted octanol–water partition coefficient (Wildman–Crippen LogP) is 3.86. The lowest BCUT2D eigenvalue weighted by molar-refractivity contribution is 0.557. The normalized spacial score (nSPS) is 11.5. The summed E-state index contributed by atoms with van der Waals surface area (Å²) in [7, 11) is -1.54. The van der Waals surface area contributed by atoms with E-state index in [-0.39, 0.29) is 0 Å². The molecule has 0 spiro atoms. The average Bonchev–Trinajstić information content (AvgIpc) is 1.94. The van der Waals surface area contributed by atoms with Gasteiger partial charge in [0.1, 0.15) is 5.75 Å². The van der Waals surface area contributed by atoms with Gasteiger partial charge in [-0.05, 0) is 44.3 Å². The zero-order chi connectivity index (χ0) is 10.1. The Bertz CT molecular complexity index is 304. The lowest BCUT2D eigenvalue weighted by atomic mass is 10.2. The van der Waals surface area contributed by atoms with E-state index in [1.807, 2.05) is 25.1 Å². The molecule has 0 radical (unpaired) electrons. The Balaban J connectivity index is 2.94. The quantitative estimate of drug-likeness (QED) is 0.680. The first-order valence-corrected chi connectivity index (χ1v) is 8.12. The molecule has 72 valence electrons. The molecular formula is C10H15ClOSi. The van der Waals surface area contributed by atoms with Gasteiger partial charge in [0.2, 0.25) is 8.32 Å². The van der Waals surface area contributed by atoms with Crippen molar-refractivity contribution in [2.45, 2.75) is 26.6 Å². The summed E-state index contributed by atoms with van der Waals surface area (Å²) in [5, 5.41) is 0.702. The molecule has 0 aliphatic heterocycles. The highest BCUT2D eigenvalue weighted by Gasteiger charge is 2.17. The minimum atomic E-state index is -1.54. The van der Waals surface area contributed by atoms with Crippen molar-refractivity contribution in [1.29, 1.82) is 0 Å². The van der Waals surface area contributed by atoms with Crippen LogP contribution in [0.2, 0.25) is 24.7 Å².